The van der Waals surface area contributed by atoms with Gasteiger partial charge in [-0.1, -0.05) is 44.9 Å². The van der Waals surface area contributed by atoms with E-state index >= 15 is 0 Å². The monoisotopic (exact) mass is 535 g/mol. The molecule has 2 unspecified atom stereocenters. The largest absolute Gasteiger partial charge is 0.312 e. The number of benzene rings is 2. The van der Waals surface area contributed by atoms with Crippen molar-refractivity contribution in [1.29, 1.82) is 5.26 Å². The van der Waals surface area contributed by atoms with E-state index in [1.54, 1.807) is 12.3 Å². The van der Waals surface area contributed by atoms with Crippen LogP contribution in [0.1, 0.15) is 88.8 Å². The van der Waals surface area contributed by atoms with Gasteiger partial charge in [0, 0.05) is 36.7 Å². The lowest BCUT2D eigenvalue weighted by molar-refractivity contribution is -0.120. The molecule has 2 aliphatic carbocycles. The Hall–Kier alpha value is -3.07. The molecule has 0 radical (unpaired) electrons. The number of carbonyl (C=O) groups excluding carboxylic acids is 1. The molecule has 0 N–H and O–H groups in total. The third-order valence-electron chi connectivity index (χ3n) is 7.90. The van der Waals surface area contributed by atoms with Crippen molar-refractivity contribution in [3.8, 4) is 6.07 Å². The SMILES string of the molecule is CC=Nc1ccc(C#N)cc1C.CCCCC1CC(CN(C(=O)C2CC2)c2ccccc2CC)CCC1(F)F. The molecular weight excluding hydrogens is 492 g/mol. The van der Waals surface area contributed by atoms with Crippen LogP contribution in [0, 0.1) is 36.0 Å². The summed E-state index contributed by atoms with van der Waals surface area (Å²) in [4.78, 5) is 19.1. The average molecular weight is 536 g/mol. The summed E-state index contributed by atoms with van der Waals surface area (Å²) in [5, 5.41) is 8.59. The molecule has 1 amide bonds. The van der Waals surface area contributed by atoms with Crippen molar-refractivity contribution in [2.45, 2.75) is 91.4 Å². The van der Waals surface area contributed by atoms with Crippen molar-refractivity contribution in [1.82, 2.24) is 0 Å². The van der Waals surface area contributed by atoms with E-state index in [0.29, 0.717) is 31.4 Å². The van der Waals surface area contributed by atoms with Crippen molar-refractivity contribution in [3.05, 3.63) is 59.2 Å². The van der Waals surface area contributed by atoms with E-state index in [4.69, 9.17) is 5.26 Å². The van der Waals surface area contributed by atoms with Crippen molar-refractivity contribution < 1.29 is 13.6 Å². The van der Waals surface area contributed by atoms with Crippen molar-refractivity contribution in [3.63, 3.8) is 0 Å². The summed E-state index contributed by atoms with van der Waals surface area (Å²) in [6.45, 7) is 8.56. The number of nitrogens with zero attached hydrogens (tertiary/aromatic N) is 3. The maximum atomic E-state index is 14.4. The van der Waals surface area contributed by atoms with Crippen LogP contribution in [0.4, 0.5) is 20.2 Å². The first-order chi connectivity index (χ1) is 18.7. The third-order valence-corrected chi connectivity index (χ3v) is 7.90. The number of para-hydroxylation sites is 1. The van der Waals surface area contributed by atoms with Gasteiger partial charge in [0.05, 0.1) is 17.3 Å². The smallest absolute Gasteiger partial charge is 0.250 e. The number of amides is 1. The molecule has 39 heavy (non-hydrogen) atoms. The molecule has 0 aromatic heterocycles. The third kappa shape index (κ3) is 8.46. The minimum atomic E-state index is -2.54. The number of alkyl halides is 2. The molecule has 2 fully saturated rings. The average Bonchev–Trinajstić information content (AvgIpc) is 3.79. The highest BCUT2D eigenvalue weighted by Gasteiger charge is 2.45. The number of rotatable bonds is 9. The van der Waals surface area contributed by atoms with E-state index in [0.717, 1.165) is 54.6 Å². The molecule has 210 valence electrons. The molecule has 2 saturated carbocycles. The molecule has 0 aliphatic heterocycles. The van der Waals surface area contributed by atoms with Gasteiger partial charge in [-0.3, -0.25) is 9.79 Å². The molecule has 2 aromatic rings. The fourth-order valence-corrected chi connectivity index (χ4v) is 5.44. The number of aryl methyl sites for hydroxylation is 2. The Kier molecular flexibility index (Phi) is 11.2. The predicted molar refractivity (Wildman–Crippen MR) is 156 cm³/mol. The molecule has 4 nitrogen and oxygen atoms in total. The first-order valence-electron chi connectivity index (χ1n) is 14.5. The fraction of sp³-hybridized carbons (Fsp3) is 0.545. The van der Waals surface area contributed by atoms with Crippen LogP contribution in [0.3, 0.4) is 0 Å². The number of halogens is 2. The second kappa shape index (κ2) is 14.4. The second-order valence-electron chi connectivity index (χ2n) is 10.9. The minimum absolute atomic E-state index is 0.0348. The van der Waals surface area contributed by atoms with E-state index in [1.807, 2.05) is 49.1 Å². The summed E-state index contributed by atoms with van der Waals surface area (Å²) < 4.78 is 28.7. The Morgan fingerprint density at radius 3 is 2.54 bits per heavy atom. The summed E-state index contributed by atoms with van der Waals surface area (Å²) in [6.07, 6.45) is 7.96. The van der Waals surface area contributed by atoms with Gasteiger partial charge in [-0.15, -0.1) is 0 Å². The molecule has 2 atom stereocenters. The van der Waals surface area contributed by atoms with Gasteiger partial charge in [0.15, 0.2) is 0 Å². The lowest BCUT2D eigenvalue weighted by Crippen LogP contribution is -2.42. The molecular formula is C33H43F2N3O. The standard InChI is InChI=1S/C23H33F2NO.C10H10N2/c1-3-5-9-20-15-17(13-14-23(20,24)25)16-26(22(27)19-11-12-19)21-10-7-6-8-18(21)4-2;1-3-12-10-5-4-9(7-11)6-8(10)2/h6-8,10,17,19-20H,3-5,9,11-16H2,1-2H3;3-6H,1-2H3. The molecule has 0 bridgehead atoms. The Balaban J connectivity index is 0.000000293. The Morgan fingerprint density at radius 2 is 1.92 bits per heavy atom. The van der Waals surface area contributed by atoms with Crippen LogP contribution in [0.2, 0.25) is 0 Å². The molecule has 0 spiro atoms. The van der Waals surface area contributed by atoms with Gasteiger partial charge in [-0.25, -0.2) is 8.78 Å². The number of unbranched alkanes of at least 4 members (excludes halogenated alkanes) is 1. The Labute approximate surface area is 233 Å². The van der Waals surface area contributed by atoms with Crippen LogP contribution < -0.4 is 4.90 Å². The fourth-order valence-electron chi connectivity index (χ4n) is 5.44. The van der Waals surface area contributed by atoms with Gasteiger partial charge in [0.2, 0.25) is 5.91 Å². The van der Waals surface area contributed by atoms with Gasteiger partial charge in [0.1, 0.15) is 0 Å². The highest BCUT2D eigenvalue weighted by molar-refractivity contribution is 5.97. The van der Waals surface area contributed by atoms with Crippen molar-refractivity contribution in [2.24, 2.45) is 22.7 Å². The van der Waals surface area contributed by atoms with Gasteiger partial charge < -0.3 is 4.90 Å². The molecule has 6 heteroatoms. The van der Waals surface area contributed by atoms with Crippen LogP contribution in [0.25, 0.3) is 0 Å². The summed E-state index contributed by atoms with van der Waals surface area (Å²) >= 11 is 0. The topological polar surface area (TPSA) is 56.5 Å². The zero-order valence-corrected chi connectivity index (χ0v) is 23.9. The number of hydrogen-bond acceptors (Lipinski definition) is 3. The minimum Gasteiger partial charge on any atom is -0.312 e. The number of carbonyl (C=O) groups is 1. The Bertz CT molecular complexity index is 1170. The summed E-state index contributed by atoms with van der Waals surface area (Å²) in [6, 6.07) is 15.6. The van der Waals surface area contributed by atoms with Crippen molar-refractivity contribution >= 4 is 23.5 Å². The molecule has 0 saturated heterocycles. The van der Waals surface area contributed by atoms with E-state index in [-0.39, 0.29) is 24.2 Å². The van der Waals surface area contributed by atoms with E-state index in [2.05, 4.69) is 31.0 Å². The van der Waals surface area contributed by atoms with Gasteiger partial charge in [-0.2, -0.15) is 5.26 Å². The van der Waals surface area contributed by atoms with Gasteiger partial charge in [-0.05, 0) is 93.7 Å². The lowest BCUT2D eigenvalue weighted by atomic mass is 9.76. The summed E-state index contributed by atoms with van der Waals surface area (Å²) in [7, 11) is 0. The van der Waals surface area contributed by atoms with E-state index < -0.39 is 11.8 Å². The molecule has 4 rings (SSSR count). The van der Waals surface area contributed by atoms with Crippen LogP contribution in [0.5, 0.6) is 0 Å². The highest BCUT2D eigenvalue weighted by Crippen LogP contribution is 2.44. The van der Waals surface area contributed by atoms with E-state index in [9.17, 15) is 13.6 Å². The number of aliphatic imine (C=N–C) groups is 1. The van der Waals surface area contributed by atoms with Crippen molar-refractivity contribution in [2.75, 3.05) is 11.4 Å². The lowest BCUT2D eigenvalue weighted by Gasteiger charge is -2.38. The van der Waals surface area contributed by atoms with Crippen LogP contribution in [-0.4, -0.2) is 24.6 Å². The maximum Gasteiger partial charge on any atom is 0.250 e. The summed E-state index contributed by atoms with van der Waals surface area (Å²) in [5.74, 6) is -2.58. The first-order valence-corrected chi connectivity index (χ1v) is 14.5. The van der Waals surface area contributed by atoms with Gasteiger partial charge >= 0.3 is 0 Å². The summed E-state index contributed by atoms with van der Waals surface area (Å²) in [5.41, 5.74) is 4.79. The normalized spacial score (nSPS) is 20.1. The van der Waals surface area contributed by atoms with Gasteiger partial charge in [0.25, 0.3) is 5.92 Å². The second-order valence-corrected chi connectivity index (χ2v) is 10.9. The molecule has 2 aromatic carbocycles. The Morgan fingerprint density at radius 1 is 1.18 bits per heavy atom. The highest BCUT2D eigenvalue weighted by atomic mass is 19.3. The zero-order valence-electron chi connectivity index (χ0n) is 23.9. The van der Waals surface area contributed by atoms with Crippen LogP contribution in [-0.2, 0) is 11.2 Å². The first kappa shape index (κ1) is 30.5. The van der Waals surface area contributed by atoms with E-state index in [1.165, 1.54) is 0 Å². The molecule has 0 heterocycles. The van der Waals surface area contributed by atoms with Crippen LogP contribution >= 0.6 is 0 Å². The number of nitriles is 1. The number of hydrogen-bond donors (Lipinski definition) is 0. The van der Waals surface area contributed by atoms with Crippen LogP contribution in [0.15, 0.2) is 47.5 Å². The maximum absolute atomic E-state index is 14.4. The predicted octanol–water partition coefficient (Wildman–Crippen LogP) is 8.82. The quantitative estimate of drug-likeness (QED) is 0.301. The molecule has 2 aliphatic rings. The zero-order chi connectivity index (χ0) is 28.4. The number of anilines is 1.